The van der Waals surface area contributed by atoms with Crippen LogP contribution in [-0.4, -0.2) is 22.2 Å². The molecule has 0 aromatic carbocycles. The van der Waals surface area contributed by atoms with Crippen molar-refractivity contribution in [1.29, 1.82) is 0 Å². The van der Waals surface area contributed by atoms with Crippen LogP contribution in [0.2, 0.25) is 0 Å². The molecule has 1 fully saturated rings. The summed E-state index contributed by atoms with van der Waals surface area (Å²) in [5, 5.41) is 12.6. The molecule has 1 spiro atoms. The largest absolute Gasteiger partial charge is 0.493 e. The average Bonchev–Trinajstić information content (AvgIpc) is 2.92. The van der Waals surface area contributed by atoms with E-state index < -0.39 is 0 Å². The van der Waals surface area contributed by atoms with E-state index in [0.29, 0.717) is 0 Å². The van der Waals surface area contributed by atoms with Crippen molar-refractivity contribution in [3.8, 4) is 11.6 Å². The summed E-state index contributed by atoms with van der Waals surface area (Å²) in [6.07, 6.45) is 3.87. The van der Waals surface area contributed by atoms with Crippen LogP contribution in [-0.2, 0) is 6.54 Å². The van der Waals surface area contributed by atoms with Crippen LogP contribution in [0.15, 0.2) is 12.3 Å². The van der Waals surface area contributed by atoms with Gasteiger partial charge in [0.25, 0.3) is 0 Å². The van der Waals surface area contributed by atoms with Gasteiger partial charge in [0, 0.05) is 30.9 Å². The Bertz CT molecular complexity index is 380. The summed E-state index contributed by atoms with van der Waals surface area (Å²) >= 11 is 0. The van der Waals surface area contributed by atoms with Gasteiger partial charge in [-0.3, -0.25) is 0 Å². The van der Waals surface area contributed by atoms with E-state index in [1.807, 2.05) is 0 Å². The van der Waals surface area contributed by atoms with Gasteiger partial charge in [0.15, 0.2) is 0 Å². The Balaban J connectivity index is 0.000000853. The first kappa shape index (κ1) is 10.5. The fourth-order valence-corrected chi connectivity index (χ4v) is 1.80. The van der Waals surface area contributed by atoms with Gasteiger partial charge >= 0.3 is 0 Å². The van der Waals surface area contributed by atoms with Crippen molar-refractivity contribution in [3.63, 3.8) is 0 Å². The number of nitrogens with zero attached hydrogens (tertiary/aromatic N) is 1. The topological polar surface area (TPSA) is 54.4 Å². The molecule has 0 unspecified atom stereocenters. The van der Waals surface area contributed by atoms with Crippen LogP contribution in [0, 0.1) is 0 Å². The van der Waals surface area contributed by atoms with Crippen molar-refractivity contribution in [2.75, 3.05) is 6.54 Å². The summed E-state index contributed by atoms with van der Waals surface area (Å²) < 4.78 is 5.87. The molecular weight excluding hydrogens is 216 g/mol. The number of aromatic nitrogens is 1. The SMILES string of the molecule is Cl.Oc1cc2c(cn1)CNCC1(CC1)O2. The first-order valence-corrected chi connectivity index (χ1v) is 4.85. The maximum atomic E-state index is 9.26. The summed E-state index contributed by atoms with van der Waals surface area (Å²) in [4.78, 5) is 3.84. The zero-order chi connectivity index (χ0) is 9.60. The van der Waals surface area contributed by atoms with Crippen molar-refractivity contribution in [3.05, 3.63) is 17.8 Å². The lowest BCUT2D eigenvalue weighted by Gasteiger charge is -2.15. The molecule has 2 aliphatic rings. The van der Waals surface area contributed by atoms with Crippen molar-refractivity contribution >= 4 is 12.4 Å². The maximum absolute atomic E-state index is 9.26. The van der Waals surface area contributed by atoms with E-state index in [1.165, 1.54) is 0 Å². The fraction of sp³-hybridized carbons (Fsp3) is 0.500. The molecule has 0 atom stereocenters. The third-order valence-corrected chi connectivity index (χ3v) is 2.83. The second kappa shape index (κ2) is 3.54. The number of nitrogens with one attached hydrogen (secondary N) is 1. The molecule has 0 bridgehead atoms. The Labute approximate surface area is 94.1 Å². The van der Waals surface area contributed by atoms with Crippen molar-refractivity contribution in [2.45, 2.75) is 25.0 Å². The van der Waals surface area contributed by atoms with E-state index >= 15 is 0 Å². The van der Waals surface area contributed by atoms with Crippen molar-refractivity contribution in [1.82, 2.24) is 10.3 Å². The monoisotopic (exact) mass is 228 g/mol. The minimum absolute atomic E-state index is 0. The minimum Gasteiger partial charge on any atom is -0.493 e. The van der Waals surface area contributed by atoms with Gasteiger partial charge in [0.2, 0.25) is 5.88 Å². The highest BCUT2D eigenvalue weighted by molar-refractivity contribution is 5.85. The minimum atomic E-state index is -0.000949. The van der Waals surface area contributed by atoms with Gasteiger partial charge in [-0.05, 0) is 12.8 Å². The van der Waals surface area contributed by atoms with Gasteiger partial charge in [-0.2, -0.15) is 0 Å². The number of hydrogen-bond acceptors (Lipinski definition) is 4. The van der Waals surface area contributed by atoms with Crippen LogP contribution in [0.3, 0.4) is 0 Å². The summed E-state index contributed by atoms with van der Waals surface area (Å²) in [6, 6.07) is 1.60. The average molecular weight is 229 g/mol. The zero-order valence-electron chi connectivity index (χ0n) is 8.19. The second-order valence-electron chi connectivity index (χ2n) is 4.04. The van der Waals surface area contributed by atoms with E-state index in [0.717, 1.165) is 37.2 Å². The Morgan fingerprint density at radius 3 is 3.00 bits per heavy atom. The quantitative estimate of drug-likeness (QED) is 0.701. The molecule has 1 aliphatic heterocycles. The van der Waals surface area contributed by atoms with E-state index in [1.54, 1.807) is 12.3 Å². The first-order chi connectivity index (χ1) is 6.77. The van der Waals surface area contributed by atoms with E-state index in [9.17, 15) is 5.11 Å². The van der Waals surface area contributed by atoms with Crippen LogP contribution < -0.4 is 10.1 Å². The lowest BCUT2D eigenvalue weighted by Crippen LogP contribution is -2.29. The standard InChI is InChI=1S/C10H12N2O2.ClH/c13-9-3-8-7(5-12-9)4-11-6-10(14-8)1-2-10;/h3,5,11H,1-2,4,6H2,(H,12,13);1H. The van der Waals surface area contributed by atoms with Gasteiger partial charge < -0.3 is 15.2 Å². The van der Waals surface area contributed by atoms with Crippen LogP contribution in [0.5, 0.6) is 11.6 Å². The first-order valence-electron chi connectivity index (χ1n) is 4.85. The Morgan fingerprint density at radius 2 is 2.27 bits per heavy atom. The number of ether oxygens (including phenoxy) is 1. The molecule has 2 N–H and O–H groups in total. The summed E-state index contributed by atoms with van der Waals surface area (Å²) in [5.41, 5.74) is 1.02. The van der Waals surface area contributed by atoms with E-state index in [2.05, 4.69) is 10.3 Å². The Morgan fingerprint density at radius 1 is 1.47 bits per heavy atom. The van der Waals surface area contributed by atoms with Crippen molar-refractivity contribution in [2.24, 2.45) is 0 Å². The lowest BCUT2D eigenvalue weighted by molar-refractivity contribution is 0.183. The second-order valence-corrected chi connectivity index (χ2v) is 4.04. The molecule has 1 aliphatic carbocycles. The molecule has 2 heterocycles. The molecule has 1 aromatic rings. The number of aromatic hydroxyl groups is 1. The Kier molecular flexibility index (Phi) is 2.48. The van der Waals surface area contributed by atoms with Crippen LogP contribution in [0.1, 0.15) is 18.4 Å². The zero-order valence-corrected chi connectivity index (χ0v) is 9.01. The highest BCUT2D eigenvalue weighted by Gasteiger charge is 2.46. The molecular formula is C10H13ClN2O2. The van der Waals surface area contributed by atoms with Gasteiger partial charge in [-0.15, -0.1) is 12.4 Å². The van der Waals surface area contributed by atoms with Gasteiger partial charge in [-0.25, -0.2) is 4.98 Å². The maximum Gasteiger partial charge on any atom is 0.214 e. The predicted octanol–water partition coefficient (Wildman–Crippen LogP) is 1.22. The normalized spacial score (nSPS) is 20.8. The highest BCUT2D eigenvalue weighted by atomic mass is 35.5. The molecule has 1 aromatic heterocycles. The molecule has 5 heteroatoms. The number of pyridine rings is 1. The van der Waals surface area contributed by atoms with Gasteiger partial charge in [0.05, 0.1) is 0 Å². The van der Waals surface area contributed by atoms with Crippen LogP contribution in [0.25, 0.3) is 0 Å². The van der Waals surface area contributed by atoms with Crippen molar-refractivity contribution < 1.29 is 9.84 Å². The van der Waals surface area contributed by atoms with Gasteiger partial charge in [0.1, 0.15) is 11.4 Å². The number of rotatable bonds is 0. The third kappa shape index (κ3) is 1.87. The summed E-state index contributed by atoms with van der Waals surface area (Å²) in [6.45, 7) is 1.66. The molecule has 4 nitrogen and oxygen atoms in total. The summed E-state index contributed by atoms with van der Waals surface area (Å²) in [7, 11) is 0. The van der Waals surface area contributed by atoms with E-state index in [-0.39, 0.29) is 23.9 Å². The van der Waals surface area contributed by atoms with Gasteiger partial charge in [-0.1, -0.05) is 0 Å². The molecule has 0 radical (unpaired) electrons. The fourth-order valence-electron chi connectivity index (χ4n) is 1.80. The molecule has 82 valence electrons. The highest BCUT2D eigenvalue weighted by Crippen LogP contribution is 2.42. The predicted molar refractivity (Wildman–Crippen MR) is 57.4 cm³/mol. The summed E-state index contributed by atoms with van der Waals surface area (Å²) in [5.74, 6) is 0.807. The molecule has 0 saturated heterocycles. The lowest BCUT2D eigenvalue weighted by atomic mass is 10.2. The molecule has 15 heavy (non-hydrogen) atoms. The third-order valence-electron chi connectivity index (χ3n) is 2.83. The molecule has 1 saturated carbocycles. The molecule has 0 amide bonds. The van der Waals surface area contributed by atoms with E-state index in [4.69, 9.17) is 4.74 Å². The Hall–Kier alpha value is -1.00. The number of fused-ring (bicyclic) bond motifs is 1. The van der Waals surface area contributed by atoms with Crippen LogP contribution >= 0.6 is 12.4 Å². The van der Waals surface area contributed by atoms with Crippen LogP contribution in [0.4, 0.5) is 0 Å². The smallest absolute Gasteiger partial charge is 0.214 e. The number of halogens is 1. The molecule has 3 rings (SSSR count). The number of hydrogen-bond donors (Lipinski definition) is 2.